The summed E-state index contributed by atoms with van der Waals surface area (Å²) in [5.74, 6) is -1.00. The SMILES string of the molecule is Cc1cc(C)c(S(=O)(=O)N[C@@H](CNC(=O)c2cnn(CCc3cc4c(nc3C)NCCC4)c2)C(=O)O)c(C)c1. The second-order valence-corrected chi connectivity index (χ2v) is 11.6. The average molecular weight is 555 g/mol. The van der Waals surface area contributed by atoms with Crippen molar-refractivity contribution in [3.8, 4) is 0 Å². The number of hydrogen-bond donors (Lipinski definition) is 4. The van der Waals surface area contributed by atoms with E-state index >= 15 is 0 Å². The number of sulfonamides is 1. The van der Waals surface area contributed by atoms with Gasteiger partial charge in [0.05, 0.1) is 16.7 Å². The molecule has 0 aliphatic carbocycles. The number of nitrogens with one attached hydrogen (secondary N) is 3. The van der Waals surface area contributed by atoms with Crippen LogP contribution >= 0.6 is 0 Å². The number of benzene rings is 1. The molecule has 0 radical (unpaired) electrons. The Balaban J connectivity index is 1.37. The summed E-state index contributed by atoms with van der Waals surface area (Å²) in [6.07, 6.45) is 5.74. The fraction of sp³-hybridized carbons (Fsp3) is 0.407. The quantitative estimate of drug-likeness (QED) is 0.298. The van der Waals surface area contributed by atoms with Crippen LogP contribution in [0.3, 0.4) is 0 Å². The molecular formula is C27H34N6O5S. The van der Waals surface area contributed by atoms with Gasteiger partial charge in [-0.15, -0.1) is 0 Å². The van der Waals surface area contributed by atoms with Crippen molar-refractivity contribution < 1.29 is 23.1 Å². The van der Waals surface area contributed by atoms with Crippen LogP contribution < -0.4 is 15.4 Å². The van der Waals surface area contributed by atoms with E-state index in [1.807, 2.05) is 13.8 Å². The summed E-state index contributed by atoms with van der Waals surface area (Å²) in [4.78, 5) is 29.2. The van der Waals surface area contributed by atoms with Crippen molar-refractivity contribution >= 4 is 27.7 Å². The minimum absolute atomic E-state index is 0.0348. The summed E-state index contributed by atoms with van der Waals surface area (Å²) in [6, 6.07) is 4.06. The molecule has 3 aromatic rings. The highest BCUT2D eigenvalue weighted by atomic mass is 32.2. The molecule has 2 aromatic heterocycles. The van der Waals surface area contributed by atoms with E-state index < -0.39 is 34.5 Å². The third-order valence-corrected chi connectivity index (χ3v) is 8.53. The van der Waals surface area contributed by atoms with Gasteiger partial charge < -0.3 is 15.7 Å². The number of aliphatic carboxylic acids is 1. The fourth-order valence-electron chi connectivity index (χ4n) is 4.93. The first-order valence-corrected chi connectivity index (χ1v) is 14.3. The number of anilines is 1. The highest BCUT2D eigenvalue weighted by Crippen LogP contribution is 2.23. The van der Waals surface area contributed by atoms with Gasteiger partial charge in [0.15, 0.2) is 0 Å². The van der Waals surface area contributed by atoms with Crippen molar-refractivity contribution in [3.05, 3.63) is 69.7 Å². The number of carboxylic acid groups (broad SMARTS) is 1. The maximum atomic E-state index is 13.0. The lowest BCUT2D eigenvalue weighted by atomic mass is 10.0. The van der Waals surface area contributed by atoms with Crippen molar-refractivity contribution in [1.82, 2.24) is 24.8 Å². The highest BCUT2D eigenvalue weighted by Gasteiger charge is 2.28. The molecular weight excluding hydrogens is 520 g/mol. The Hall–Kier alpha value is -3.77. The summed E-state index contributed by atoms with van der Waals surface area (Å²) in [7, 11) is -4.14. The summed E-state index contributed by atoms with van der Waals surface area (Å²) in [6.45, 7) is 8.18. The zero-order valence-corrected chi connectivity index (χ0v) is 23.4. The second-order valence-electron chi connectivity index (χ2n) is 9.96. The molecule has 0 saturated carbocycles. The number of carbonyl (C=O) groups excluding carboxylic acids is 1. The Morgan fingerprint density at radius 3 is 2.56 bits per heavy atom. The molecule has 4 rings (SSSR count). The van der Waals surface area contributed by atoms with Crippen LogP contribution in [0.5, 0.6) is 0 Å². The van der Waals surface area contributed by atoms with E-state index in [2.05, 4.69) is 31.5 Å². The van der Waals surface area contributed by atoms with Gasteiger partial charge in [0.25, 0.3) is 5.91 Å². The first-order chi connectivity index (χ1) is 18.4. The van der Waals surface area contributed by atoms with E-state index in [0.29, 0.717) is 24.1 Å². The van der Waals surface area contributed by atoms with Crippen molar-refractivity contribution in [2.24, 2.45) is 0 Å². The molecule has 1 aliphatic heterocycles. The Kier molecular flexibility index (Phi) is 8.36. The van der Waals surface area contributed by atoms with Crippen molar-refractivity contribution in [1.29, 1.82) is 0 Å². The molecule has 0 bridgehead atoms. The second kappa shape index (κ2) is 11.5. The summed E-state index contributed by atoms with van der Waals surface area (Å²) >= 11 is 0. The molecule has 11 nitrogen and oxygen atoms in total. The van der Waals surface area contributed by atoms with E-state index in [-0.39, 0.29) is 10.5 Å². The first kappa shape index (κ1) is 28.2. The number of aromatic nitrogens is 3. The first-order valence-electron chi connectivity index (χ1n) is 12.8. The number of fused-ring (bicyclic) bond motifs is 1. The summed E-state index contributed by atoms with van der Waals surface area (Å²) in [5, 5.41) is 19.7. The number of rotatable bonds is 10. The van der Waals surface area contributed by atoms with E-state index in [9.17, 15) is 23.1 Å². The van der Waals surface area contributed by atoms with Gasteiger partial charge in [0.1, 0.15) is 11.9 Å². The lowest BCUT2D eigenvalue weighted by Gasteiger charge is -2.19. The van der Waals surface area contributed by atoms with Crippen LogP contribution in [0.15, 0.2) is 35.5 Å². The van der Waals surface area contributed by atoms with E-state index in [1.54, 1.807) is 36.9 Å². The van der Waals surface area contributed by atoms with E-state index in [4.69, 9.17) is 0 Å². The van der Waals surface area contributed by atoms with Crippen LogP contribution in [-0.4, -0.2) is 59.3 Å². The molecule has 12 heteroatoms. The smallest absolute Gasteiger partial charge is 0.323 e. The number of pyridine rings is 1. The molecule has 1 atom stereocenters. The van der Waals surface area contributed by atoms with Gasteiger partial charge in [-0.3, -0.25) is 14.3 Å². The molecule has 3 heterocycles. The average Bonchev–Trinajstić information content (AvgIpc) is 3.33. The van der Waals surface area contributed by atoms with Crippen LogP contribution in [0, 0.1) is 27.7 Å². The van der Waals surface area contributed by atoms with Gasteiger partial charge in [-0.25, -0.2) is 13.4 Å². The monoisotopic (exact) mass is 554 g/mol. The number of carbonyl (C=O) groups is 2. The number of nitrogens with zero attached hydrogens (tertiary/aromatic N) is 3. The minimum Gasteiger partial charge on any atom is -0.480 e. The maximum absolute atomic E-state index is 13.0. The maximum Gasteiger partial charge on any atom is 0.323 e. The summed E-state index contributed by atoms with van der Waals surface area (Å²) in [5.41, 5.74) is 5.45. The molecule has 0 saturated heterocycles. The molecule has 1 amide bonds. The largest absolute Gasteiger partial charge is 0.480 e. The standard InChI is InChI=1S/C27H34N6O5S/c1-16-10-17(2)24(18(3)11-16)39(37,38)32-23(27(35)36)14-29-26(34)22-13-30-33(15-22)9-7-20-12-21-6-5-8-28-25(21)31-19(20)4/h10-13,15,23,32H,5-9,14H2,1-4H3,(H,28,31)(H,29,34)(H,35,36)/t23-/m0/s1. The van der Waals surface area contributed by atoms with Crippen molar-refractivity contribution in [2.75, 3.05) is 18.4 Å². The molecule has 208 valence electrons. The van der Waals surface area contributed by atoms with Crippen molar-refractivity contribution in [3.63, 3.8) is 0 Å². The van der Waals surface area contributed by atoms with Gasteiger partial charge >= 0.3 is 5.97 Å². The molecule has 4 N–H and O–H groups in total. The Bertz CT molecular complexity index is 1490. The molecule has 39 heavy (non-hydrogen) atoms. The van der Waals surface area contributed by atoms with Crippen LogP contribution in [0.1, 0.15) is 50.3 Å². The third-order valence-electron chi connectivity index (χ3n) is 6.75. The number of carboxylic acids is 1. The van der Waals surface area contributed by atoms with Gasteiger partial charge in [-0.1, -0.05) is 23.8 Å². The lowest BCUT2D eigenvalue weighted by molar-refractivity contribution is -0.138. The van der Waals surface area contributed by atoms with Crippen LogP contribution in [0.4, 0.5) is 5.82 Å². The Morgan fingerprint density at radius 2 is 1.87 bits per heavy atom. The predicted octanol–water partition coefficient (Wildman–Crippen LogP) is 2.27. The Morgan fingerprint density at radius 1 is 1.15 bits per heavy atom. The molecule has 1 aromatic carbocycles. The zero-order chi connectivity index (χ0) is 28.3. The normalized spacial score (nSPS) is 13.8. The predicted molar refractivity (Wildman–Crippen MR) is 146 cm³/mol. The van der Waals surface area contributed by atoms with Gasteiger partial charge in [0.2, 0.25) is 10.0 Å². The topological polar surface area (TPSA) is 155 Å². The van der Waals surface area contributed by atoms with Crippen LogP contribution in [0.2, 0.25) is 0 Å². The number of amides is 1. The zero-order valence-electron chi connectivity index (χ0n) is 22.5. The lowest BCUT2D eigenvalue weighted by Crippen LogP contribution is -2.48. The van der Waals surface area contributed by atoms with E-state index in [1.165, 1.54) is 11.8 Å². The molecule has 0 unspecified atom stereocenters. The number of hydrogen-bond acceptors (Lipinski definition) is 7. The van der Waals surface area contributed by atoms with Crippen LogP contribution in [0.25, 0.3) is 0 Å². The fourth-order valence-corrected chi connectivity index (χ4v) is 6.57. The van der Waals surface area contributed by atoms with Gasteiger partial charge in [-0.2, -0.15) is 9.82 Å². The molecule has 0 spiro atoms. The summed E-state index contributed by atoms with van der Waals surface area (Å²) < 4.78 is 29.9. The van der Waals surface area contributed by atoms with Crippen molar-refractivity contribution in [2.45, 2.75) is 64.4 Å². The minimum atomic E-state index is -4.14. The van der Waals surface area contributed by atoms with E-state index in [0.717, 1.165) is 42.0 Å². The third kappa shape index (κ3) is 6.63. The number of aryl methyl sites for hydroxylation is 7. The molecule has 0 fully saturated rings. The van der Waals surface area contributed by atoms with Gasteiger partial charge in [-0.05, 0) is 69.2 Å². The van der Waals surface area contributed by atoms with Gasteiger partial charge in [0, 0.05) is 31.5 Å². The van der Waals surface area contributed by atoms with Crippen LogP contribution in [-0.2, 0) is 34.2 Å². The molecule has 1 aliphatic rings. The Labute approximate surface area is 228 Å². The highest BCUT2D eigenvalue weighted by molar-refractivity contribution is 7.89.